The third-order valence-corrected chi connectivity index (χ3v) is 5.30. The van der Waals surface area contributed by atoms with Crippen LogP contribution in [0.4, 0.5) is 0 Å². The molecule has 2 N–H and O–H groups in total. The lowest BCUT2D eigenvalue weighted by atomic mass is 9.97. The van der Waals surface area contributed by atoms with E-state index >= 15 is 0 Å². The van der Waals surface area contributed by atoms with Gasteiger partial charge in [-0.25, -0.2) is 0 Å². The minimum absolute atomic E-state index is 0. The van der Waals surface area contributed by atoms with Gasteiger partial charge in [0.1, 0.15) is 0 Å². The molecular formula is C20H32BrIN4O. The first kappa shape index (κ1) is 24.2. The van der Waals surface area contributed by atoms with Gasteiger partial charge in [-0.15, -0.1) is 24.0 Å². The molecule has 5 nitrogen and oxygen atoms in total. The highest BCUT2D eigenvalue weighted by atomic mass is 127. The summed E-state index contributed by atoms with van der Waals surface area (Å²) in [6, 6.07) is 8.77. The van der Waals surface area contributed by atoms with Gasteiger partial charge >= 0.3 is 0 Å². The highest BCUT2D eigenvalue weighted by molar-refractivity contribution is 14.0. The Morgan fingerprint density at radius 1 is 1.41 bits per heavy atom. The summed E-state index contributed by atoms with van der Waals surface area (Å²) in [5, 5.41) is 6.83. The molecule has 2 unspecified atom stereocenters. The van der Waals surface area contributed by atoms with Gasteiger partial charge in [-0.2, -0.15) is 0 Å². The van der Waals surface area contributed by atoms with E-state index in [2.05, 4.69) is 64.7 Å². The van der Waals surface area contributed by atoms with Crippen molar-refractivity contribution in [3.8, 4) is 0 Å². The van der Waals surface area contributed by atoms with Crippen molar-refractivity contribution in [2.24, 2.45) is 10.9 Å². The van der Waals surface area contributed by atoms with Crippen LogP contribution in [-0.4, -0.2) is 49.5 Å². The Morgan fingerprint density at radius 2 is 2.19 bits per heavy atom. The molecule has 0 saturated carbocycles. The Labute approximate surface area is 188 Å². The topological polar surface area (TPSA) is 56.7 Å². The molecule has 1 aliphatic rings. The lowest BCUT2D eigenvalue weighted by Gasteiger charge is -2.31. The molecule has 0 aromatic heterocycles. The van der Waals surface area contributed by atoms with Crippen LogP contribution in [0.1, 0.15) is 38.7 Å². The van der Waals surface area contributed by atoms with Crippen molar-refractivity contribution in [3.63, 3.8) is 0 Å². The van der Waals surface area contributed by atoms with Gasteiger partial charge in [0.25, 0.3) is 0 Å². The number of carbonyl (C=O) groups excluding carboxylic acids is 1. The minimum Gasteiger partial charge on any atom is -0.357 e. The number of nitrogens with one attached hydrogen (secondary N) is 2. The third-order valence-electron chi connectivity index (χ3n) is 4.81. The SMILES string of the molecule is CCNC(=NCC(CC)Cc1cccc(Br)c1)NC1CCC(=O)N(C)C1.I. The number of hydrogen-bond donors (Lipinski definition) is 2. The standard InChI is InChI=1S/C20H31BrN4O.HI/c1-4-15(11-16-7-6-8-17(21)12-16)13-23-20(22-5-2)24-18-9-10-19(26)25(3)14-18;/h6-8,12,15,18H,4-5,9-11,13-14H2,1-3H3,(H2,22,23,24);1H. The maximum Gasteiger partial charge on any atom is 0.222 e. The quantitative estimate of drug-likeness (QED) is 0.308. The number of halogens is 2. The second-order valence-corrected chi connectivity index (χ2v) is 7.90. The van der Waals surface area contributed by atoms with E-state index in [1.165, 1.54) is 5.56 Å². The van der Waals surface area contributed by atoms with Gasteiger partial charge < -0.3 is 15.5 Å². The number of nitrogens with zero attached hydrogens (tertiary/aromatic N) is 2. The highest BCUT2D eigenvalue weighted by Gasteiger charge is 2.23. The van der Waals surface area contributed by atoms with E-state index < -0.39 is 0 Å². The lowest BCUT2D eigenvalue weighted by molar-refractivity contribution is -0.132. The summed E-state index contributed by atoms with van der Waals surface area (Å²) < 4.78 is 1.12. The van der Waals surface area contributed by atoms with Crippen molar-refractivity contribution in [3.05, 3.63) is 34.3 Å². The van der Waals surface area contributed by atoms with Crippen molar-refractivity contribution >= 4 is 51.8 Å². The van der Waals surface area contributed by atoms with Crippen molar-refractivity contribution in [2.45, 2.75) is 45.6 Å². The van der Waals surface area contributed by atoms with Gasteiger partial charge in [0.15, 0.2) is 5.96 Å². The summed E-state index contributed by atoms with van der Waals surface area (Å²) in [5.41, 5.74) is 1.34. The number of likely N-dealkylation sites (N-methyl/N-ethyl adjacent to an activating group) is 1. The molecule has 7 heteroatoms. The monoisotopic (exact) mass is 550 g/mol. The zero-order chi connectivity index (χ0) is 18.9. The van der Waals surface area contributed by atoms with Gasteiger partial charge in [0.05, 0.1) is 0 Å². The molecule has 0 radical (unpaired) electrons. The number of amides is 1. The van der Waals surface area contributed by atoms with E-state index in [0.717, 1.165) is 49.3 Å². The molecule has 1 fully saturated rings. The van der Waals surface area contributed by atoms with Gasteiger partial charge in [-0.05, 0) is 43.4 Å². The lowest BCUT2D eigenvalue weighted by Crippen LogP contribution is -2.51. The van der Waals surface area contributed by atoms with Crippen LogP contribution in [0.5, 0.6) is 0 Å². The van der Waals surface area contributed by atoms with Gasteiger partial charge in [-0.1, -0.05) is 41.4 Å². The van der Waals surface area contributed by atoms with Crippen LogP contribution in [-0.2, 0) is 11.2 Å². The highest BCUT2D eigenvalue weighted by Crippen LogP contribution is 2.17. The van der Waals surface area contributed by atoms with Crippen molar-refractivity contribution in [2.75, 3.05) is 26.7 Å². The number of aliphatic imine (C=N–C) groups is 1. The van der Waals surface area contributed by atoms with Crippen LogP contribution >= 0.6 is 39.9 Å². The fourth-order valence-corrected chi connectivity index (χ4v) is 3.65. The van der Waals surface area contributed by atoms with Crippen molar-refractivity contribution in [1.82, 2.24) is 15.5 Å². The fourth-order valence-electron chi connectivity index (χ4n) is 3.20. The van der Waals surface area contributed by atoms with E-state index in [4.69, 9.17) is 4.99 Å². The molecule has 2 atom stereocenters. The Bertz CT molecular complexity index is 626. The summed E-state index contributed by atoms with van der Waals surface area (Å²) in [7, 11) is 1.87. The Balaban J connectivity index is 0.00000364. The number of piperidine rings is 1. The number of guanidine groups is 1. The van der Waals surface area contributed by atoms with Crippen molar-refractivity contribution < 1.29 is 4.79 Å². The molecule has 1 aliphatic heterocycles. The van der Waals surface area contributed by atoms with Gasteiger partial charge in [0.2, 0.25) is 5.91 Å². The van der Waals surface area contributed by atoms with Crippen LogP contribution in [0.3, 0.4) is 0 Å². The molecule has 1 heterocycles. The van der Waals surface area contributed by atoms with E-state index in [1.807, 2.05) is 7.05 Å². The molecule has 0 aliphatic carbocycles. The normalized spacial score (nSPS) is 18.7. The molecule has 1 aromatic carbocycles. The van der Waals surface area contributed by atoms with Crippen LogP contribution in [0.15, 0.2) is 33.7 Å². The van der Waals surface area contributed by atoms with Gasteiger partial charge in [-0.3, -0.25) is 9.79 Å². The average molecular weight is 551 g/mol. The predicted molar refractivity (Wildman–Crippen MR) is 127 cm³/mol. The third kappa shape index (κ3) is 8.37. The predicted octanol–water partition coefficient (Wildman–Crippen LogP) is 3.81. The Hall–Kier alpha value is -0.830. The maximum atomic E-state index is 11.7. The summed E-state index contributed by atoms with van der Waals surface area (Å²) in [6.45, 7) is 6.65. The average Bonchev–Trinajstić information content (AvgIpc) is 2.61. The number of rotatable bonds is 7. The molecule has 0 bridgehead atoms. The van der Waals surface area contributed by atoms with E-state index in [1.54, 1.807) is 4.90 Å². The largest absolute Gasteiger partial charge is 0.357 e. The van der Waals surface area contributed by atoms with Crippen LogP contribution in [0.25, 0.3) is 0 Å². The van der Waals surface area contributed by atoms with E-state index in [0.29, 0.717) is 12.3 Å². The number of carbonyl (C=O) groups is 1. The second kappa shape index (κ2) is 12.6. The molecular weight excluding hydrogens is 519 g/mol. The number of benzene rings is 1. The zero-order valence-corrected chi connectivity index (χ0v) is 20.4. The van der Waals surface area contributed by atoms with Crippen molar-refractivity contribution in [1.29, 1.82) is 0 Å². The maximum absolute atomic E-state index is 11.7. The molecule has 27 heavy (non-hydrogen) atoms. The Kier molecular flexibility index (Phi) is 11.3. The number of likely N-dealkylation sites (tertiary alicyclic amines) is 1. The van der Waals surface area contributed by atoms with Crippen LogP contribution in [0, 0.1) is 5.92 Å². The fraction of sp³-hybridized carbons (Fsp3) is 0.600. The first-order valence-corrected chi connectivity index (χ1v) is 10.3. The smallest absolute Gasteiger partial charge is 0.222 e. The second-order valence-electron chi connectivity index (χ2n) is 6.98. The minimum atomic E-state index is 0. The summed E-state index contributed by atoms with van der Waals surface area (Å²) >= 11 is 3.55. The van der Waals surface area contributed by atoms with E-state index in [-0.39, 0.29) is 35.9 Å². The molecule has 0 spiro atoms. The molecule has 152 valence electrons. The summed E-state index contributed by atoms with van der Waals surface area (Å²) in [6.07, 6.45) is 3.59. The molecule has 1 saturated heterocycles. The summed E-state index contributed by atoms with van der Waals surface area (Å²) in [4.78, 5) is 18.3. The van der Waals surface area contributed by atoms with Crippen LogP contribution in [0.2, 0.25) is 0 Å². The Morgan fingerprint density at radius 3 is 2.81 bits per heavy atom. The molecule has 2 rings (SSSR count). The van der Waals surface area contributed by atoms with E-state index in [9.17, 15) is 4.79 Å². The first-order chi connectivity index (χ1) is 12.5. The summed E-state index contributed by atoms with van der Waals surface area (Å²) in [5.74, 6) is 1.59. The van der Waals surface area contributed by atoms with Gasteiger partial charge in [0, 0.05) is 43.6 Å². The van der Waals surface area contributed by atoms with Crippen LogP contribution < -0.4 is 10.6 Å². The zero-order valence-electron chi connectivity index (χ0n) is 16.5. The number of hydrogen-bond acceptors (Lipinski definition) is 2. The molecule has 1 amide bonds. The molecule has 1 aromatic rings. The first-order valence-electron chi connectivity index (χ1n) is 9.55.